The molecule has 0 unspecified atom stereocenters. The average Bonchev–Trinajstić information content (AvgIpc) is 3.31. The standard InChI is InChI=1S/C26H28F3N3O2S/c1-19(2)15-32(25(34)30-22-11-6-10-21(14-22)26(27,28)29)18-24(33)31(17-23-12-7-13-35-23)16-20-8-4-3-5-9-20/h3-14,19H,15-18H2,1-2H3,(H,30,34). The molecule has 0 aliphatic heterocycles. The van der Waals surface area contributed by atoms with E-state index < -0.39 is 17.8 Å². The molecule has 0 bridgehead atoms. The van der Waals surface area contributed by atoms with Gasteiger partial charge in [0.15, 0.2) is 0 Å². The van der Waals surface area contributed by atoms with Crippen molar-refractivity contribution in [2.45, 2.75) is 33.1 Å². The Morgan fingerprint density at radius 1 is 0.943 bits per heavy atom. The zero-order valence-electron chi connectivity index (χ0n) is 19.6. The molecule has 0 atom stereocenters. The van der Waals surface area contributed by atoms with Crippen molar-refractivity contribution in [3.05, 3.63) is 88.1 Å². The highest BCUT2D eigenvalue weighted by Crippen LogP contribution is 2.30. The summed E-state index contributed by atoms with van der Waals surface area (Å²) in [5.74, 6) is -0.197. The average molecular weight is 504 g/mol. The number of benzene rings is 2. The summed E-state index contributed by atoms with van der Waals surface area (Å²) in [6.45, 7) is 4.67. The van der Waals surface area contributed by atoms with Gasteiger partial charge in [-0.05, 0) is 41.1 Å². The van der Waals surface area contributed by atoms with Crippen LogP contribution in [0, 0.1) is 5.92 Å². The number of alkyl halides is 3. The molecule has 1 heterocycles. The first-order valence-corrected chi connectivity index (χ1v) is 12.1. The Hall–Kier alpha value is -3.33. The molecule has 3 rings (SSSR count). The molecular weight excluding hydrogens is 475 g/mol. The van der Waals surface area contributed by atoms with Crippen molar-refractivity contribution in [1.82, 2.24) is 9.80 Å². The van der Waals surface area contributed by atoms with E-state index in [0.717, 1.165) is 22.6 Å². The van der Waals surface area contributed by atoms with Gasteiger partial charge in [-0.2, -0.15) is 13.2 Å². The second-order valence-electron chi connectivity index (χ2n) is 8.60. The molecule has 1 N–H and O–H groups in total. The molecule has 0 saturated carbocycles. The zero-order chi connectivity index (χ0) is 25.4. The first-order valence-electron chi connectivity index (χ1n) is 11.2. The topological polar surface area (TPSA) is 52.7 Å². The maximum atomic E-state index is 13.4. The molecule has 3 aromatic rings. The van der Waals surface area contributed by atoms with Crippen molar-refractivity contribution in [2.24, 2.45) is 5.92 Å². The van der Waals surface area contributed by atoms with Gasteiger partial charge in [-0.3, -0.25) is 4.79 Å². The summed E-state index contributed by atoms with van der Waals surface area (Å²) in [5.41, 5.74) is 0.124. The van der Waals surface area contributed by atoms with E-state index in [1.165, 1.54) is 17.0 Å². The molecule has 3 amide bonds. The van der Waals surface area contributed by atoms with Crippen LogP contribution < -0.4 is 5.32 Å². The number of carbonyl (C=O) groups excluding carboxylic acids is 2. The Morgan fingerprint density at radius 3 is 2.31 bits per heavy atom. The van der Waals surface area contributed by atoms with Gasteiger partial charge in [0.1, 0.15) is 6.54 Å². The zero-order valence-corrected chi connectivity index (χ0v) is 20.4. The minimum Gasteiger partial charge on any atom is -0.332 e. The fourth-order valence-corrected chi connectivity index (χ4v) is 4.25. The number of hydrogen-bond acceptors (Lipinski definition) is 3. The van der Waals surface area contributed by atoms with Gasteiger partial charge in [-0.1, -0.05) is 56.3 Å². The molecule has 5 nitrogen and oxygen atoms in total. The van der Waals surface area contributed by atoms with Crippen LogP contribution in [0.3, 0.4) is 0 Å². The molecular formula is C26H28F3N3O2S. The number of anilines is 1. The van der Waals surface area contributed by atoms with E-state index in [9.17, 15) is 22.8 Å². The minimum atomic E-state index is -4.52. The van der Waals surface area contributed by atoms with Crippen LogP contribution in [0.15, 0.2) is 72.1 Å². The maximum Gasteiger partial charge on any atom is 0.416 e. The number of halogens is 3. The Balaban J connectivity index is 1.76. The van der Waals surface area contributed by atoms with Crippen LogP contribution in [0.2, 0.25) is 0 Å². The highest BCUT2D eigenvalue weighted by Gasteiger charge is 2.31. The summed E-state index contributed by atoms with van der Waals surface area (Å²) in [4.78, 5) is 30.4. The highest BCUT2D eigenvalue weighted by atomic mass is 32.1. The first-order chi connectivity index (χ1) is 16.6. The van der Waals surface area contributed by atoms with Crippen LogP contribution >= 0.6 is 11.3 Å². The predicted molar refractivity (Wildman–Crippen MR) is 132 cm³/mol. The Morgan fingerprint density at radius 2 is 1.69 bits per heavy atom. The quantitative estimate of drug-likeness (QED) is 0.363. The molecule has 35 heavy (non-hydrogen) atoms. The number of amides is 3. The lowest BCUT2D eigenvalue weighted by atomic mass is 10.2. The largest absolute Gasteiger partial charge is 0.416 e. The third-order valence-corrected chi connectivity index (χ3v) is 6.00. The fourth-order valence-electron chi connectivity index (χ4n) is 3.53. The molecule has 2 aromatic carbocycles. The summed E-state index contributed by atoms with van der Waals surface area (Å²) in [5, 5.41) is 4.46. The number of nitrogens with zero attached hydrogens (tertiary/aromatic N) is 2. The molecule has 9 heteroatoms. The van der Waals surface area contributed by atoms with Crippen LogP contribution in [-0.4, -0.2) is 34.8 Å². The molecule has 1 aromatic heterocycles. The van der Waals surface area contributed by atoms with Gasteiger partial charge < -0.3 is 15.1 Å². The van der Waals surface area contributed by atoms with E-state index in [1.807, 2.05) is 61.7 Å². The SMILES string of the molecule is CC(C)CN(CC(=O)N(Cc1ccccc1)Cc1cccs1)C(=O)Nc1cccc(C(F)(F)F)c1. The summed E-state index contributed by atoms with van der Waals surface area (Å²) in [7, 11) is 0. The Kier molecular flexibility index (Phi) is 8.92. The van der Waals surface area contributed by atoms with E-state index in [0.29, 0.717) is 13.1 Å². The molecule has 0 fully saturated rings. The third kappa shape index (κ3) is 8.13. The van der Waals surface area contributed by atoms with E-state index in [4.69, 9.17) is 0 Å². The summed E-state index contributed by atoms with van der Waals surface area (Å²) in [6, 6.07) is 17.2. The van der Waals surface area contributed by atoms with Crippen LogP contribution in [0.1, 0.15) is 29.9 Å². The van der Waals surface area contributed by atoms with Crippen molar-refractivity contribution >= 4 is 29.0 Å². The molecule has 186 valence electrons. The smallest absolute Gasteiger partial charge is 0.332 e. The van der Waals surface area contributed by atoms with Gasteiger partial charge in [-0.25, -0.2) is 4.79 Å². The third-order valence-electron chi connectivity index (χ3n) is 5.14. The fraction of sp³-hybridized carbons (Fsp3) is 0.308. The van der Waals surface area contributed by atoms with Gasteiger partial charge in [0.25, 0.3) is 0 Å². The lowest BCUT2D eigenvalue weighted by Gasteiger charge is -2.29. The number of urea groups is 1. The van der Waals surface area contributed by atoms with Crippen molar-refractivity contribution in [2.75, 3.05) is 18.4 Å². The van der Waals surface area contributed by atoms with Crippen LogP contribution in [0.4, 0.5) is 23.7 Å². The van der Waals surface area contributed by atoms with Crippen molar-refractivity contribution in [3.8, 4) is 0 Å². The summed E-state index contributed by atoms with van der Waals surface area (Å²) >= 11 is 1.54. The lowest BCUT2D eigenvalue weighted by molar-refractivity contribution is -0.137. The van der Waals surface area contributed by atoms with E-state index >= 15 is 0 Å². The second-order valence-corrected chi connectivity index (χ2v) is 9.63. The van der Waals surface area contributed by atoms with Crippen LogP contribution in [0.5, 0.6) is 0 Å². The van der Waals surface area contributed by atoms with E-state index in [1.54, 1.807) is 16.2 Å². The van der Waals surface area contributed by atoms with Crippen LogP contribution in [-0.2, 0) is 24.1 Å². The number of carbonyl (C=O) groups is 2. The van der Waals surface area contributed by atoms with Gasteiger partial charge in [-0.15, -0.1) is 11.3 Å². The van der Waals surface area contributed by atoms with Crippen molar-refractivity contribution < 1.29 is 22.8 Å². The number of thiophene rings is 1. The molecule has 0 spiro atoms. The molecule has 0 radical (unpaired) electrons. The maximum absolute atomic E-state index is 13.4. The van der Waals surface area contributed by atoms with Gasteiger partial charge >= 0.3 is 12.2 Å². The molecule has 0 aliphatic carbocycles. The van der Waals surface area contributed by atoms with Gasteiger partial charge in [0.05, 0.1) is 12.1 Å². The van der Waals surface area contributed by atoms with Crippen molar-refractivity contribution in [1.29, 1.82) is 0 Å². The summed E-state index contributed by atoms with van der Waals surface area (Å²) in [6.07, 6.45) is -4.52. The van der Waals surface area contributed by atoms with Crippen molar-refractivity contribution in [3.63, 3.8) is 0 Å². The summed E-state index contributed by atoms with van der Waals surface area (Å²) < 4.78 is 39.2. The number of rotatable bonds is 9. The van der Waals surface area contributed by atoms with E-state index in [2.05, 4.69) is 5.32 Å². The Labute approximate surface area is 207 Å². The molecule has 0 saturated heterocycles. The van der Waals surface area contributed by atoms with Crippen LogP contribution in [0.25, 0.3) is 0 Å². The lowest BCUT2D eigenvalue weighted by Crippen LogP contribution is -2.45. The number of nitrogens with one attached hydrogen (secondary N) is 1. The number of hydrogen-bond donors (Lipinski definition) is 1. The predicted octanol–water partition coefficient (Wildman–Crippen LogP) is 6.49. The van der Waals surface area contributed by atoms with Gasteiger partial charge in [0, 0.05) is 23.7 Å². The first kappa shape index (κ1) is 26.3. The van der Waals surface area contributed by atoms with E-state index in [-0.39, 0.29) is 30.6 Å². The minimum absolute atomic E-state index is 0.0192. The second kappa shape index (κ2) is 11.9. The molecule has 0 aliphatic rings. The van der Waals surface area contributed by atoms with Gasteiger partial charge in [0.2, 0.25) is 5.91 Å². The monoisotopic (exact) mass is 503 g/mol. The Bertz CT molecular complexity index is 1100. The normalized spacial score (nSPS) is 11.4. The highest BCUT2D eigenvalue weighted by molar-refractivity contribution is 7.09.